The number of benzene rings is 2. The molecule has 1 atom stereocenters. The van der Waals surface area contributed by atoms with Gasteiger partial charge in [0, 0.05) is 60.5 Å². The van der Waals surface area contributed by atoms with Crippen molar-refractivity contribution in [2.45, 2.75) is 32.4 Å². The summed E-state index contributed by atoms with van der Waals surface area (Å²) in [4.78, 5) is 38.1. The molecule has 8 heteroatoms. The predicted octanol–water partition coefficient (Wildman–Crippen LogP) is 4.52. The fraction of sp³-hybridized carbons (Fsp3) is 0.323. The quantitative estimate of drug-likeness (QED) is 0.599. The molecule has 0 aromatic heterocycles. The Kier molecular flexibility index (Phi) is 7.14. The van der Waals surface area contributed by atoms with Gasteiger partial charge in [0.05, 0.1) is 5.54 Å². The highest BCUT2D eigenvalue weighted by atomic mass is 16.2. The Hall–Kier alpha value is -4.17. The number of ketones is 1. The van der Waals surface area contributed by atoms with E-state index in [4.69, 9.17) is 4.99 Å². The molecule has 2 aromatic carbocycles. The molecule has 8 nitrogen and oxygen atoms in total. The highest BCUT2D eigenvalue weighted by Gasteiger charge is 2.48. The Morgan fingerprint density at radius 3 is 2.44 bits per heavy atom. The van der Waals surface area contributed by atoms with Gasteiger partial charge in [-0.1, -0.05) is 24.8 Å². The number of carbonyl (C=O) groups excluding carboxylic acids is 2. The summed E-state index contributed by atoms with van der Waals surface area (Å²) >= 11 is 0. The van der Waals surface area contributed by atoms with Gasteiger partial charge in [-0.05, 0) is 70.3 Å². The van der Waals surface area contributed by atoms with Crippen molar-refractivity contribution >= 4 is 34.6 Å². The van der Waals surface area contributed by atoms with E-state index in [-0.39, 0.29) is 11.7 Å². The number of allylic oxidation sites excluding steroid dienone is 1. The van der Waals surface area contributed by atoms with Gasteiger partial charge in [0.2, 0.25) is 0 Å². The molecule has 0 bridgehead atoms. The van der Waals surface area contributed by atoms with Gasteiger partial charge < -0.3 is 20.4 Å². The summed E-state index contributed by atoms with van der Waals surface area (Å²) in [5, 5.41) is 6.72. The maximum Gasteiger partial charge on any atom is 0.252 e. The van der Waals surface area contributed by atoms with Crippen LogP contribution in [0.2, 0.25) is 0 Å². The second-order valence-corrected chi connectivity index (χ2v) is 10.8. The molecule has 0 saturated carbocycles. The van der Waals surface area contributed by atoms with Gasteiger partial charge in [-0.2, -0.15) is 0 Å². The number of anilines is 3. The maximum absolute atomic E-state index is 13.8. The van der Waals surface area contributed by atoms with Crippen LogP contribution in [0.3, 0.4) is 0 Å². The fourth-order valence-corrected chi connectivity index (χ4v) is 5.43. The molecule has 1 amide bonds. The molecule has 3 aliphatic rings. The standard InChI is InChI=1S/C31H36N6O2/c1-6-22-11-16-27(38)37(29-28(39)25-9-7-8-10-26(25)34-31(29,3)4)30(22)33-21(2)32-23-12-14-24(15-13-23)36-19-17-35(5)18-20-36/h6-16,29,32,34H,2,17-20H2,1,3-5H3/b22-6-,33-30+. The van der Waals surface area contributed by atoms with E-state index in [9.17, 15) is 9.59 Å². The summed E-state index contributed by atoms with van der Waals surface area (Å²) in [5.74, 6) is 0.346. The Morgan fingerprint density at radius 1 is 1.05 bits per heavy atom. The number of para-hydroxylation sites is 1. The molecule has 0 aliphatic carbocycles. The number of hydrogen-bond donors (Lipinski definition) is 2. The van der Waals surface area contributed by atoms with E-state index >= 15 is 0 Å². The van der Waals surface area contributed by atoms with Crippen LogP contribution in [0.1, 0.15) is 31.1 Å². The van der Waals surface area contributed by atoms with Gasteiger partial charge in [-0.15, -0.1) is 0 Å². The summed E-state index contributed by atoms with van der Waals surface area (Å²) in [6.07, 6.45) is 5.11. The number of Topliss-reactive ketones (excluding diaryl/α,β-unsaturated/α-hetero) is 1. The molecule has 3 heterocycles. The van der Waals surface area contributed by atoms with Gasteiger partial charge >= 0.3 is 0 Å². The molecule has 3 aliphatic heterocycles. The molecule has 1 unspecified atom stereocenters. The van der Waals surface area contributed by atoms with Gasteiger partial charge in [0.1, 0.15) is 17.7 Å². The molecule has 0 radical (unpaired) electrons. The Morgan fingerprint density at radius 2 is 1.74 bits per heavy atom. The van der Waals surface area contributed by atoms with Crippen LogP contribution in [-0.4, -0.2) is 72.1 Å². The lowest BCUT2D eigenvalue weighted by Crippen LogP contribution is -2.63. The van der Waals surface area contributed by atoms with Crippen molar-refractivity contribution in [3.05, 3.63) is 90.3 Å². The van der Waals surface area contributed by atoms with E-state index in [1.54, 1.807) is 12.1 Å². The zero-order valence-corrected chi connectivity index (χ0v) is 23.1. The molecule has 5 rings (SSSR count). The third-order valence-corrected chi connectivity index (χ3v) is 7.55. The van der Waals surface area contributed by atoms with Crippen LogP contribution in [0.5, 0.6) is 0 Å². The first-order valence-corrected chi connectivity index (χ1v) is 13.4. The number of amidine groups is 1. The maximum atomic E-state index is 13.8. The summed E-state index contributed by atoms with van der Waals surface area (Å²) in [5.41, 5.74) is 3.35. The number of hydrogen-bond acceptors (Lipinski definition) is 7. The minimum absolute atomic E-state index is 0.126. The zero-order chi connectivity index (χ0) is 27.7. The topological polar surface area (TPSA) is 80.3 Å². The van der Waals surface area contributed by atoms with Crippen molar-refractivity contribution in [1.29, 1.82) is 0 Å². The molecule has 39 heavy (non-hydrogen) atoms. The van der Waals surface area contributed by atoms with Crippen LogP contribution >= 0.6 is 0 Å². The van der Waals surface area contributed by atoms with Gasteiger partial charge in [0.15, 0.2) is 5.78 Å². The number of nitrogens with one attached hydrogen (secondary N) is 2. The van der Waals surface area contributed by atoms with Crippen LogP contribution in [0.4, 0.5) is 17.1 Å². The first-order valence-electron chi connectivity index (χ1n) is 13.4. The second kappa shape index (κ2) is 10.5. The smallest absolute Gasteiger partial charge is 0.252 e. The Labute approximate surface area is 230 Å². The highest BCUT2D eigenvalue weighted by Crippen LogP contribution is 2.35. The van der Waals surface area contributed by atoms with E-state index < -0.39 is 11.6 Å². The number of rotatable bonds is 5. The molecular formula is C31H36N6O2. The Balaban J connectivity index is 1.42. The van der Waals surface area contributed by atoms with Crippen LogP contribution in [0, 0.1) is 0 Å². The SMILES string of the molecule is C=C(/N=C1\C(=C/C)C=CC(=O)N1C1C(=O)c2ccccc2NC1(C)C)Nc1ccc(N2CCN(C)CC2)cc1. The molecule has 1 fully saturated rings. The van der Waals surface area contributed by atoms with E-state index in [0.29, 0.717) is 17.2 Å². The highest BCUT2D eigenvalue weighted by molar-refractivity contribution is 6.20. The molecule has 2 N–H and O–H groups in total. The van der Waals surface area contributed by atoms with Crippen molar-refractivity contribution in [2.75, 3.05) is 48.8 Å². The summed E-state index contributed by atoms with van der Waals surface area (Å²) in [7, 11) is 2.15. The number of likely N-dealkylation sites (N-methyl/N-ethyl adjacent to an activating group) is 1. The average Bonchev–Trinajstić information content (AvgIpc) is 2.91. The number of piperazine rings is 1. The average molecular weight is 525 g/mol. The van der Waals surface area contributed by atoms with E-state index in [0.717, 1.165) is 43.1 Å². The van der Waals surface area contributed by atoms with E-state index in [2.05, 4.69) is 46.2 Å². The van der Waals surface area contributed by atoms with Gasteiger partial charge in [-0.25, -0.2) is 4.99 Å². The summed E-state index contributed by atoms with van der Waals surface area (Å²) in [6.45, 7) is 14.0. The minimum atomic E-state index is -0.797. The molecule has 202 valence electrons. The number of aliphatic imine (C=N–C) groups is 1. The first-order chi connectivity index (χ1) is 18.7. The van der Waals surface area contributed by atoms with Crippen LogP contribution in [0.25, 0.3) is 0 Å². The van der Waals surface area contributed by atoms with Crippen molar-refractivity contribution in [2.24, 2.45) is 4.99 Å². The third kappa shape index (κ3) is 5.25. The fourth-order valence-electron chi connectivity index (χ4n) is 5.43. The van der Waals surface area contributed by atoms with Gasteiger partial charge in [0.25, 0.3) is 5.91 Å². The molecule has 1 saturated heterocycles. The lowest BCUT2D eigenvalue weighted by atomic mass is 9.81. The lowest BCUT2D eigenvalue weighted by molar-refractivity contribution is -0.124. The number of nitrogens with zero attached hydrogens (tertiary/aromatic N) is 4. The van der Waals surface area contributed by atoms with Gasteiger partial charge in [-0.3, -0.25) is 14.5 Å². The predicted molar refractivity (Wildman–Crippen MR) is 158 cm³/mol. The number of fused-ring (bicyclic) bond motifs is 1. The van der Waals surface area contributed by atoms with Crippen molar-refractivity contribution < 1.29 is 9.59 Å². The third-order valence-electron chi connectivity index (χ3n) is 7.55. The second-order valence-electron chi connectivity index (χ2n) is 10.8. The summed E-state index contributed by atoms with van der Waals surface area (Å²) in [6, 6.07) is 14.8. The van der Waals surface area contributed by atoms with E-state index in [1.165, 1.54) is 16.7 Å². The zero-order valence-electron chi connectivity index (χ0n) is 23.1. The molecular weight excluding hydrogens is 488 g/mol. The van der Waals surface area contributed by atoms with Crippen molar-refractivity contribution in [3.63, 3.8) is 0 Å². The van der Waals surface area contributed by atoms with Crippen molar-refractivity contribution in [1.82, 2.24) is 9.80 Å². The molecule has 0 spiro atoms. The molecule has 2 aromatic rings. The Bertz CT molecular complexity index is 1380. The minimum Gasteiger partial charge on any atom is -0.377 e. The number of amides is 1. The van der Waals surface area contributed by atoms with E-state index in [1.807, 2.05) is 57.2 Å². The lowest BCUT2D eigenvalue weighted by Gasteiger charge is -2.46. The van der Waals surface area contributed by atoms with Crippen LogP contribution in [-0.2, 0) is 4.79 Å². The monoisotopic (exact) mass is 524 g/mol. The number of carbonyl (C=O) groups is 2. The van der Waals surface area contributed by atoms with Crippen molar-refractivity contribution in [3.8, 4) is 0 Å². The normalized spacial score (nSPS) is 23.1. The van der Waals surface area contributed by atoms with Crippen LogP contribution < -0.4 is 15.5 Å². The summed E-state index contributed by atoms with van der Waals surface area (Å²) < 4.78 is 0. The first kappa shape index (κ1) is 26.4. The van der Waals surface area contributed by atoms with Crippen LogP contribution in [0.15, 0.2) is 89.7 Å². The largest absolute Gasteiger partial charge is 0.377 e.